The van der Waals surface area contributed by atoms with Crippen molar-refractivity contribution in [2.75, 3.05) is 0 Å². The lowest BCUT2D eigenvalue weighted by atomic mass is 9.60. The van der Waals surface area contributed by atoms with E-state index in [0.29, 0.717) is 0 Å². The Morgan fingerprint density at radius 2 is 1.19 bits per heavy atom. The number of aryl methyl sites for hydroxylation is 2. The van der Waals surface area contributed by atoms with Crippen LogP contribution in [0.4, 0.5) is 0 Å². The minimum atomic E-state index is -0.146. The van der Waals surface area contributed by atoms with Crippen molar-refractivity contribution in [3.05, 3.63) is 142 Å². The molecule has 0 saturated heterocycles. The van der Waals surface area contributed by atoms with Gasteiger partial charge in [0.05, 0.1) is 0 Å². The summed E-state index contributed by atoms with van der Waals surface area (Å²) in [7, 11) is 0. The second-order valence-electron chi connectivity index (χ2n) is 10.9. The average molecular weight is 466 g/mol. The van der Waals surface area contributed by atoms with Crippen molar-refractivity contribution < 1.29 is 0 Å². The summed E-state index contributed by atoms with van der Waals surface area (Å²) in [5, 5.41) is 6.42. The molecule has 176 valence electrons. The van der Waals surface area contributed by atoms with Crippen LogP contribution in [0.3, 0.4) is 0 Å². The summed E-state index contributed by atoms with van der Waals surface area (Å²) < 4.78 is 0. The fourth-order valence-electron chi connectivity index (χ4n) is 6.65. The van der Waals surface area contributed by atoms with Crippen LogP contribution in [0.5, 0.6) is 0 Å². The molecule has 5 aromatic carbocycles. The van der Waals surface area contributed by atoms with E-state index in [1.54, 1.807) is 0 Å². The SMILES string of the molecule is Cc1ccc2c(c1)C1(Cc3ccc(cc3)CNCc3ccc(cc3)C1)c1cccc3c(C)ccc-2c13. The molecule has 0 atom stereocenters. The summed E-state index contributed by atoms with van der Waals surface area (Å²) in [6, 6.07) is 37.4. The average Bonchev–Trinajstić information content (AvgIpc) is 2.90. The standard InChI is InChI=1S/C35H31N/c1-23-6-16-30-31-17-7-24(2)29-4-3-5-32(34(29)31)35(33(30)18-23)19-25-8-12-27(13-9-25)21-36-22-28-14-10-26(20-35)11-15-28/h3-18,36H,19-22H2,1-2H3. The molecule has 10 rings (SSSR count). The number of hydrogen-bond acceptors (Lipinski definition) is 1. The highest BCUT2D eigenvalue weighted by atomic mass is 14.8. The van der Waals surface area contributed by atoms with Crippen LogP contribution in [0.2, 0.25) is 0 Å². The van der Waals surface area contributed by atoms with Crippen molar-refractivity contribution in [2.45, 2.75) is 45.2 Å². The molecule has 1 N–H and O–H groups in total. The Morgan fingerprint density at radius 1 is 0.583 bits per heavy atom. The molecule has 1 aliphatic carbocycles. The van der Waals surface area contributed by atoms with E-state index in [2.05, 4.69) is 116 Å². The molecule has 4 bridgehead atoms. The highest BCUT2D eigenvalue weighted by Crippen LogP contribution is 2.52. The second kappa shape index (κ2) is 8.18. The molecule has 0 amide bonds. The van der Waals surface area contributed by atoms with Crippen LogP contribution >= 0.6 is 0 Å². The number of rotatable bonds is 0. The molecule has 0 radical (unpaired) electrons. The zero-order valence-electron chi connectivity index (χ0n) is 21.1. The van der Waals surface area contributed by atoms with Gasteiger partial charge >= 0.3 is 0 Å². The van der Waals surface area contributed by atoms with Gasteiger partial charge in [-0.3, -0.25) is 0 Å². The molecule has 4 heterocycles. The highest BCUT2D eigenvalue weighted by molar-refractivity contribution is 6.04. The van der Waals surface area contributed by atoms with E-state index in [1.165, 1.54) is 66.4 Å². The van der Waals surface area contributed by atoms with Crippen molar-refractivity contribution in [3.8, 4) is 11.1 Å². The van der Waals surface area contributed by atoms with Crippen LogP contribution in [0.25, 0.3) is 21.9 Å². The molecule has 4 aliphatic heterocycles. The van der Waals surface area contributed by atoms with E-state index in [-0.39, 0.29) is 5.41 Å². The fraction of sp³-hybridized carbons (Fsp3) is 0.200. The second-order valence-corrected chi connectivity index (χ2v) is 10.9. The Morgan fingerprint density at radius 3 is 1.86 bits per heavy atom. The van der Waals surface area contributed by atoms with Gasteiger partial charge in [-0.05, 0) is 87.5 Å². The van der Waals surface area contributed by atoms with Crippen LogP contribution < -0.4 is 5.32 Å². The third-order valence-electron chi connectivity index (χ3n) is 8.47. The van der Waals surface area contributed by atoms with Crippen LogP contribution in [0.15, 0.2) is 97.1 Å². The first-order chi connectivity index (χ1) is 17.6. The van der Waals surface area contributed by atoms with Gasteiger partial charge < -0.3 is 5.32 Å². The third-order valence-corrected chi connectivity index (χ3v) is 8.47. The van der Waals surface area contributed by atoms with Crippen molar-refractivity contribution in [1.29, 1.82) is 0 Å². The van der Waals surface area contributed by atoms with Crippen molar-refractivity contribution >= 4 is 10.8 Å². The largest absolute Gasteiger partial charge is 0.309 e. The molecular formula is C35H31N. The molecule has 1 heteroatoms. The van der Waals surface area contributed by atoms with Gasteiger partial charge in [0, 0.05) is 18.5 Å². The van der Waals surface area contributed by atoms with E-state index < -0.39 is 0 Å². The summed E-state index contributed by atoms with van der Waals surface area (Å²) >= 11 is 0. The summed E-state index contributed by atoms with van der Waals surface area (Å²) in [6.45, 7) is 6.26. The first-order valence-electron chi connectivity index (χ1n) is 13.1. The van der Waals surface area contributed by atoms with Crippen molar-refractivity contribution in [2.24, 2.45) is 0 Å². The van der Waals surface area contributed by atoms with Gasteiger partial charge in [-0.2, -0.15) is 0 Å². The molecule has 1 spiro atoms. The first kappa shape index (κ1) is 21.6. The lowest BCUT2D eigenvalue weighted by Gasteiger charge is -2.42. The van der Waals surface area contributed by atoms with Gasteiger partial charge in [0.25, 0.3) is 0 Å². The fourth-order valence-corrected chi connectivity index (χ4v) is 6.65. The number of benzene rings is 5. The molecule has 5 aromatic rings. The molecule has 0 saturated carbocycles. The monoisotopic (exact) mass is 465 g/mol. The zero-order valence-corrected chi connectivity index (χ0v) is 21.1. The maximum Gasteiger partial charge on any atom is 0.0296 e. The van der Waals surface area contributed by atoms with Gasteiger partial charge in [-0.15, -0.1) is 0 Å². The van der Waals surface area contributed by atoms with Crippen molar-refractivity contribution in [3.63, 3.8) is 0 Å². The summed E-state index contributed by atoms with van der Waals surface area (Å²) in [5.74, 6) is 0. The Hall–Kier alpha value is -3.68. The van der Waals surface area contributed by atoms with E-state index >= 15 is 0 Å². The number of hydrogen-bond donors (Lipinski definition) is 1. The first-order valence-corrected chi connectivity index (χ1v) is 13.1. The molecule has 0 aromatic heterocycles. The van der Waals surface area contributed by atoms with E-state index in [9.17, 15) is 0 Å². The lowest BCUT2D eigenvalue weighted by Crippen LogP contribution is -2.36. The van der Waals surface area contributed by atoms with Crippen LogP contribution in [0, 0.1) is 13.8 Å². The van der Waals surface area contributed by atoms with Crippen LogP contribution in [-0.2, 0) is 31.3 Å². The summed E-state index contributed by atoms with van der Waals surface area (Å²) in [6.07, 6.45) is 1.96. The Kier molecular flexibility index (Phi) is 4.91. The molecule has 0 fully saturated rings. The molecular weight excluding hydrogens is 434 g/mol. The quantitative estimate of drug-likeness (QED) is 0.246. The van der Waals surface area contributed by atoms with Crippen LogP contribution in [0.1, 0.15) is 44.5 Å². The minimum Gasteiger partial charge on any atom is -0.309 e. The summed E-state index contributed by atoms with van der Waals surface area (Å²) in [5.41, 5.74) is 13.7. The minimum absolute atomic E-state index is 0.146. The van der Waals surface area contributed by atoms with Gasteiger partial charge in [-0.1, -0.05) is 103 Å². The topological polar surface area (TPSA) is 12.0 Å². The highest BCUT2D eigenvalue weighted by Gasteiger charge is 2.41. The van der Waals surface area contributed by atoms with E-state index in [0.717, 1.165) is 25.9 Å². The normalized spacial score (nSPS) is 15.7. The van der Waals surface area contributed by atoms with Gasteiger partial charge in [0.1, 0.15) is 0 Å². The third kappa shape index (κ3) is 3.34. The van der Waals surface area contributed by atoms with E-state index in [1.807, 2.05) is 0 Å². The predicted octanol–water partition coefficient (Wildman–Crippen LogP) is 7.81. The Bertz CT molecular complexity index is 1560. The van der Waals surface area contributed by atoms with Gasteiger partial charge in [0.2, 0.25) is 0 Å². The van der Waals surface area contributed by atoms with Crippen LogP contribution in [-0.4, -0.2) is 0 Å². The lowest BCUT2D eigenvalue weighted by molar-refractivity contribution is 0.509. The maximum atomic E-state index is 3.60. The zero-order chi connectivity index (χ0) is 24.3. The smallest absolute Gasteiger partial charge is 0.0296 e. The predicted molar refractivity (Wildman–Crippen MR) is 150 cm³/mol. The summed E-state index contributed by atoms with van der Waals surface area (Å²) in [4.78, 5) is 0. The Labute approximate surface area is 213 Å². The van der Waals surface area contributed by atoms with Gasteiger partial charge in [0.15, 0.2) is 0 Å². The van der Waals surface area contributed by atoms with E-state index in [4.69, 9.17) is 0 Å². The van der Waals surface area contributed by atoms with Crippen molar-refractivity contribution in [1.82, 2.24) is 5.32 Å². The number of fused-ring (bicyclic) bond motifs is 2. The molecule has 5 aliphatic rings. The number of nitrogens with one attached hydrogen (secondary N) is 1. The maximum absolute atomic E-state index is 3.60. The Balaban J connectivity index is 1.58. The molecule has 1 nitrogen and oxygen atoms in total. The molecule has 0 unspecified atom stereocenters. The molecule has 36 heavy (non-hydrogen) atoms. The van der Waals surface area contributed by atoms with Gasteiger partial charge in [-0.25, -0.2) is 0 Å².